The van der Waals surface area contributed by atoms with Crippen molar-refractivity contribution < 1.29 is 9.47 Å². The Balaban J connectivity index is 1.73. The molecule has 0 unspecified atom stereocenters. The molecular formula is C16H22N2O2S. The van der Waals surface area contributed by atoms with Crippen molar-refractivity contribution in [2.24, 2.45) is 4.99 Å². The lowest BCUT2D eigenvalue weighted by Gasteiger charge is -2.29. The first-order valence-corrected chi connectivity index (χ1v) is 8.45. The van der Waals surface area contributed by atoms with E-state index in [0.29, 0.717) is 0 Å². The van der Waals surface area contributed by atoms with Gasteiger partial charge in [0.2, 0.25) is 0 Å². The summed E-state index contributed by atoms with van der Waals surface area (Å²) in [6.07, 6.45) is 6.45. The minimum atomic E-state index is 0.196. The predicted octanol–water partition coefficient (Wildman–Crippen LogP) is 3.92. The van der Waals surface area contributed by atoms with Gasteiger partial charge in [0.05, 0.1) is 19.8 Å². The third-order valence-electron chi connectivity index (χ3n) is 4.24. The smallest absolute Gasteiger partial charge is 0.162 e. The summed E-state index contributed by atoms with van der Waals surface area (Å²) in [7, 11) is 3.30. The minimum absolute atomic E-state index is 0.196. The molecule has 21 heavy (non-hydrogen) atoms. The van der Waals surface area contributed by atoms with Gasteiger partial charge in [0.15, 0.2) is 16.7 Å². The van der Waals surface area contributed by atoms with Crippen molar-refractivity contribution in [3.05, 3.63) is 18.2 Å². The summed E-state index contributed by atoms with van der Waals surface area (Å²) in [5.41, 5.74) is 1.19. The maximum Gasteiger partial charge on any atom is 0.162 e. The molecule has 5 heteroatoms. The fraction of sp³-hybridized carbons (Fsp3) is 0.562. The molecule has 1 aliphatic heterocycles. The molecule has 0 saturated heterocycles. The van der Waals surface area contributed by atoms with Crippen LogP contribution in [0.4, 0.5) is 5.69 Å². The summed E-state index contributed by atoms with van der Waals surface area (Å²) in [4.78, 5) is 4.97. The van der Waals surface area contributed by atoms with Crippen LogP contribution in [0.2, 0.25) is 0 Å². The lowest BCUT2D eigenvalue weighted by molar-refractivity contribution is 0.335. The zero-order chi connectivity index (χ0) is 14.7. The molecule has 1 fully saturated rings. The first-order valence-electron chi connectivity index (χ1n) is 7.46. The highest BCUT2D eigenvalue weighted by atomic mass is 32.2. The SMILES string of the molecule is COc1ccc(NC2=NC3(CCCCC3)CS2)cc1OC. The summed E-state index contributed by atoms with van der Waals surface area (Å²) < 4.78 is 10.6. The van der Waals surface area contributed by atoms with Gasteiger partial charge in [-0.05, 0) is 25.0 Å². The number of rotatable bonds is 3. The molecule has 4 nitrogen and oxygen atoms in total. The number of anilines is 1. The molecule has 0 radical (unpaired) electrons. The van der Waals surface area contributed by atoms with Crippen LogP contribution in [0.1, 0.15) is 32.1 Å². The Kier molecular flexibility index (Phi) is 4.29. The van der Waals surface area contributed by atoms with E-state index in [1.54, 1.807) is 14.2 Å². The second kappa shape index (κ2) is 6.18. The zero-order valence-corrected chi connectivity index (χ0v) is 13.5. The number of ether oxygens (including phenoxy) is 2. The molecular weight excluding hydrogens is 284 g/mol. The van der Waals surface area contributed by atoms with Crippen LogP contribution in [-0.2, 0) is 0 Å². The number of benzene rings is 1. The molecule has 0 bridgehead atoms. The second-order valence-electron chi connectivity index (χ2n) is 5.69. The molecule has 1 N–H and O–H groups in total. The molecule has 0 amide bonds. The van der Waals surface area contributed by atoms with E-state index in [1.807, 2.05) is 30.0 Å². The Morgan fingerprint density at radius 3 is 2.57 bits per heavy atom. The van der Waals surface area contributed by atoms with Crippen molar-refractivity contribution in [3.63, 3.8) is 0 Å². The van der Waals surface area contributed by atoms with Crippen LogP contribution in [0.3, 0.4) is 0 Å². The van der Waals surface area contributed by atoms with Gasteiger partial charge in [-0.15, -0.1) is 0 Å². The molecule has 3 rings (SSSR count). The van der Waals surface area contributed by atoms with Gasteiger partial charge in [0.25, 0.3) is 0 Å². The van der Waals surface area contributed by atoms with Gasteiger partial charge in [-0.1, -0.05) is 31.0 Å². The molecule has 1 aromatic rings. The molecule has 1 heterocycles. The molecule has 114 valence electrons. The van der Waals surface area contributed by atoms with Crippen molar-refractivity contribution in [1.29, 1.82) is 0 Å². The van der Waals surface area contributed by atoms with E-state index < -0.39 is 0 Å². The number of amidine groups is 1. The zero-order valence-electron chi connectivity index (χ0n) is 12.6. The molecule has 0 atom stereocenters. The summed E-state index contributed by atoms with van der Waals surface area (Å²) in [5, 5.41) is 4.45. The summed E-state index contributed by atoms with van der Waals surface area (Å²) in [6, 6.07) is 5.86. The number of methoxy groups -OCH3 is 2. The van der Waals surface area contributed by atoms with Gasteiger partial charge in [0, 0.05) is 17.5 Å². The second-order valence-corrected chi connectivity index (χ2v) is 6.65. The predicted molar refractivity (Wildman–Crippen MR) is 88.9 cm³/mol. The van der Waals surface area contributed by atoms with Crippen molar-refractivity contribution in [2.75, 3.05) is 25.3 Å². The lowest BCUT2D eigenvalue weighted by atomic mass is 9.84. The maximum atomic E-state index is 5.34. The normalized spacial score (nSPS) is 20.2. The highest BCUT2D eigenvalue weighted by Crippen LogP contribution is 2.40. The van der Waals surface area contributed by atoms with Gasteiger partial charge >= 0.3 is 0 Å². The number of aliphatic imine (C=N–C) groups is 1. The molecule has 0 aromatic heterocycles. The Hall–Kier alpha value is -1.36. The Morgan fingerprint density at radius 1 is 1.10 bits per heavy atom. The van der Waals surface area contributed by atoms with Gasteiger partial charge in [-0.25, -0.2) is 0 Å². The van der Waals surface area contributed by atoms with Crippen molar-refractivity contribution in [1.82, 2.24) is 0 Å². The third kappa shape index (κ3) is 3.12. The average Bonchev–Trinajstić information content (AvgIpc) is 2.90. The molecule has 1 aromatic carbocycles. The monoisotopic (exact) mass is 306 g/mol. The standard InChI is InChI=1S/C16H22N2O2S/c1-19-13-7-6-12(10-14(13)20-2)17-15-18-16(11-21-15)8-4-3-5-9-16/h6-7,10H,3-5,8-9,11H2,1-2H3,(H,17,18). The fourth-order valence-corrected chi connectivity index (χ4v) is 4.26. The van der Waals surface area contributed by atoms with E-state index in [4.69, 9.17) is 14.5 Å². The summed E-state index contributed by atoms with van der Waals surface area (Å²) in [6.45, 7) is 0. The van der Waals surface area contributed by atoms with E-state index in [2.05, 4.69) is 5.32 Å². The van der Waals surface area contributed by atoms with Crippen LogP contribution in [-0.4, -0.2) is 30.7 Å². The highest BCUT2D eigenvalue weighted by Gasteiger charge is 2.36. The number of nitrogens with zero attached hydrogens (tertiary/aromatic N) is 1. The van der Waals surface area contributed by atoms with E-state index in [0.717, 1.165) is 28.1 Å². The number of hydrogen-bond acceptors (Lipinski definition) is 5. The molecule has 1 aliphatic carbocycles. The minimum Gasteiger partial charge on any atom is -0.493 e. The number of nitrogens with one attached hydrogen (secondary N) is 1. The van der Waals surface area contributed by atoms with Crippen LogP contribution in [0.15, 0.2) is 23.2 Å². The Bertz CT molecular complexity index is 539. The number of thioether (sulfide) groups is 1. The quantitative estimate of drug-likeness (QED) is 0.919. The van der Waals surface area contributed by atoms with Crippen molar-refractivity contribution >= 4 is 22.6 Å². The summed E-state index contributed by atoms with van der Waals surface area (Å²) in [5.74, 6) is 2.59. The molecule has 1 saturated carbocycles. The maximum absolute atomic E-state index is 5.34. The summed E-state index contributed by atoms with van der Waals surface area (Å²) >= 11 is 1.83. The van der Waals surface area contributed by atoms with Gasteiger partial charge in [-0.3, -0.25) is 4.99 Å². The molecule has 2 aliphatic rings. The Morgan fingerprint density at radius 2 is 1.86 bits per heavy atom. The fourth-order valence-electron chi connectivity index (χ4n) is 3.05. The van der Waals surface area contributed by atoms with Crippen LogP contribution < -0.4 is 14.8 Å². The third-order valence-corrected chi connectivity index (χ3v) is 5.38. The topological polar surface area (TPSA) is 42.8 Å². The first-order chi connectivity index (χ1) is 10.2. The van der Waals surface area contributed by atoms with Crippen LogP contribution >= 0.6 is 11.8 Å². The van der Waals surface area contributed by atoms with E-state index in [9.17, 15) is 0 Å². The van der Waals surface area contributed by atoms with E-state index in [1.165, 1.54) is 32.1 Å². The molecule has 1 spiro atoms. The van der Waals surface area contributed by atoms with Crippen molar-refractivity contribution in [2.45, 2.75) is 37.6 Å². The largest absolute Gasteiger partial charge is 0.493 e. The van der Waals surface area contributed by atoms with Crippen LogP contribution in [0.25, 0.3) is 0 Å². The average molecular weight is 306 g/mol. The van der Waals surface area contributed by atoms with Crippen molar-refractivity contribution in [3.8, 4) is 11.5 Å². The lowest BCUT2D eigenvalue weighted by Crippen LogP contribution is -2.29. The van der Waals surface area contributed by atoms with E-state index >= 15 is 0 Å². The van der Waals surface area contributed by atoms with E-state index in [-0.39, 0.29) is 5.54 Å². The van der Waals surface area contributed by atoms with Crippen LogP contribution in [0, 0.1) is 0 Å². The number of hydrogen-bond donors (Lipinski definition) is 1. The first kappa shape index (κ1) is 14.6. The van der Waals surface area contributed by atoms with Crippen LogP contribution in [0.5, 0.6) is 11.5 Å². The van der Waals surface area contributed by atoms with Gasteiger partial charge < -0.3 is 14.8 Å². The highest BCUT2D eigenvalue weighted by molar-refractivity contribution is 8.14. The Labute approximate surface area is 130 Å². The van der Waals surface area contributed by atoms with Gasteiger partial charge in [0.1, 0.15) is 0 Å². The van der Waals surface area contributed by atoms with Gasteiger partial charge in [-0.2, -0.15) is 0 Å².